The van der Waals surface area contributed by atoms with Gasteiger partial charge in [-0.05, 0) is 49.5 Å². The first-order valence-corrected chi connectivity index (χ1v) is 7.69. The van der Waals surface area contributed by atoms with Crippen molar-refractivity contribution in [3.63, 3.8) is 0 Å². The Balaban J connectivity index is 2.44. The number of aromatic nitrogens is 2. The quantitative estimate of drug-likeness (QED) is 0.920. The molecule has 1 aliphatic carbocycles. The van der Waals surface area contributed by atoms with E-state index in [4.69, 9.17) is 4.74 Å². The molecule has 1 aromatic heterocycles. The van der Waals surface area contributed by atoms with Crippen LogP contribution in [0.5, 0.6) is 0 Å². The van der Waals surface area contributed by atoms with Crippen molar-refractivity contribution in [2.75, 3.05) is 6.61 Å². The maximum atomic E-state index is 12.1. The molecule has 0 radical (unpaired) electrons. The first-order chi connectivity index (χ1) is 8.95. The van der Waals surface area contributed by atoms with Crippen LogP contribution in [0.2, 0.25) is 0 Å². The summed E-state index contributed by atoms with van der Waals surface area (Å²) in [4.78, 5) is 19.6. The van der Waals surface area contributed by atoms with Crippen LogP contribution in [0.4, 0.5) is 0 Å². The van der Waals surface area contributed by atoms with Crippen molar-refractivity contribution in [3.05, 3.63) is 26.3 Å². The molecule has 1 aliphatic rings. The van der Waals surface area contributed by atoms with E-state index in [-0.39, 0.29) is 5.56 Å². The zero-order valence-electron chi connectivity index (χ0n) is 11.8. The van der Waals surface area contributed by atoms with Gasteiger partial charge in [0.1, 0.15) is 15.9 Å². The third-order valence-electron chi connectivity index (χ3n) is 3.71. The zero-order valence-corrected chi connectivity index (χ0v) is 13.3. The molecular formula is C14H21BrN2O2. The highest BCUT2D eigenvalue weighted by Gasteiger charge is 2.28. The summed E-state index contributed by atoms with van der Waals surface area (Å²) < 4.78 is 6.26. The average Bonchev–Trinajstić information content (AvgIpc) is 2.85. The van der Waals surface area contributed by atoms with Crippen LogP contribution in [0.25, 0.3) is 0 Å². The predicted molar refractivity (Wildman–Crippen MR) is 78.4 cm³/mol. The number of rotatable bonds is 4. The van der Waals surface area contributed by atoms with Crippen molar-refractivity contribution in [3.8, 4) is 0 Å². The van der Waals surface area contributed by atoms with E-state index in [1.54, 1.807) is 0 Å². The molecule has 0 atom stereocenters. The summed E-state index contributed by atoms with van der Waals surface area (Å²) in [5.74, 6) is 1.01. The van der Waals surface area contributed by atoms with E-state index in [9.17, 15) is 4.79 Å². The number of aromatic amines is 1. The molecule has 5 heteroatoms. The molecule has 106 valence electrons. The summed E-state index contributed by atoms with van der Waals surface area (Å²) in [6.07, 6.45) is 4.67. The van der Waals surface area contributed by atoms with Crippen LogP contribution in [0.3, 0.4) is 0 Å². The van der Waals surface area contributed by atoms with Gasteiger partial charge in [0.15, 0.2) is 0 Å². The van der Waals surface area contributed by atoms with E-state index in [0.29, 0.717) is 22.8 Å². The molecule has 0 bridgehead atoms. The number of hydrogen-bond donors (Lipinski definition) is 1. The molecule has 0 saturated heterocycles. The molecular weight excluding hydrogens is 308 g/mol. The minimum atomic E-state index is -0.567. The fraction of sp³-hybridized carbons (Fsp3) is 0.714. The van der Waals surface area contributed by atoms with Crippen molar-refractivity contribution in [2.24, 2.45) is 0 Å². The lowest BCUT2D eigenvalue weighted by molar-refractivity contribution is -0.0212. The maximum Gasteiger partial charge on any atom is 0.265 e. The molecule has 0 spiro atoms. The second kappa shape index (κ2) is 5.75. The summed E-state index contributed by atoms with van der Waals surface area (Å²) in [5, 5.41) is 0. The molecule has 1 N–H and O–H groups in total. The third-order valence-corrected chi connectivity index (χ3v) is 4.47. The first-order valence-electron chi connectivity index (χ1n) is 6.90. The molecule has 1 heterocycles. The van der Waals surface area contributed by atoms with Crippen LogP contribution < -0.4 is 5.56 Å². The Kier molecular flexibility index (Phi) is 4.46. The number of halogens is 1. The lowest BCUT2D eigenvalue weighted by Gasteiger charge is -2.24. The van der Waals surface area contributed by atoms with Gasteiger partial charge in [-0.25, -0.2) is 4.98 Å². The van der Waals surface area contributed by atoms with Crippen molar-refractivity contribution in [1.29, 1.82) is 0 Å². The standard InChI is InChI=1S/C14H21BrN2O2/c1-4-19-14(2,3)13-16-11(9-7-5-6-8-9)10(15)12(18)17-13/h9H,4-8H2,1-3H3,(H,16,17,18). The molecule has 19 heavy (non-hydrogen) atoms. The van der Waals surface area contributed by atoms with Crippen LogP contribution in [0.15, 0.2) is 9.27 Å². The smallest absolute Gasteiger partial charge is 0.265 e. The average molecular weight is 329 g/mol. The predicted octanol–water partition coefficient (Wildman–Crippen LogP) is 3.46. The number of nitrogens with zero attached hydrogens (tertiary/aromatic N) is 1. The Morgan fingerprint density at radius 3 is 2.63 bits per heavy atom. The number of ether oxygens (including phenoxy) is 1. The number of H-pyrrole nitrogens is 1. The topological polar surface area (TPSA) is 55.0 Å². The van der Waals surface area contributed by atoms with Gasteiger partial charge in [-0.2, -0.15) is 0 Å². The van der Waals surface area contributed by atoms with Crippen molar-refractivity contribution < 1.29 is 4.74 Å². The normalized spacial score (nSPS) is 17.1. The van der Waals surface area contributed by atoms with Gasteiger partial charge >= 0.3 is 0 Å². The van der Waals surface area contributed by atoms with Crippen LogP contribution in [0, 0.1) is 0 Å². The molecule has 0 aliphatic heterocycles. The number of hydrogen-bond acceptors (Lipinski definition) is 3. The molecule has 4 nitrogen and oxygen atoms in total. The van der Waals surface area contributed by atoms with E-state index in [1.165, 1.54) is 12.8 Å². The van der Waals surface area contributed by atoms with E-state index >= 15 is 0 Å². The highest BCUT2D eigenvalue weighted by molar-refractivity contribution is 9.10. The highest BCUT2D eigenvalue weighted by Crippen LogP contribution is 2.36. The van der Waals surface area contributed by atoms with Crippen LogP contribution in [-0.2, 0) is 10.3 Å². The Labute approximate surface area is 122 Å². The highest BCUT2D eigenvalue weighted by atomic mass is 79.9. The fourth-order valence-electron chi connectivity index (χ4n) is 2.66. The molecule has 0 unspecified atom stereocenters. The van der Waals surface area contributed by atoms with E-state index < -0.39 is 5.60 Å². The minimum Gasteiger partial charge on any atom is -0.368 e. The Morgan fingerprint density at radius 1 is 1.42 bits per heavy atom. The summed E-state index contributed by atoms with van der Waals surface area (Å²) in [5.41, 5.74) is 0.214. The second-order valence-corrected chi connectivity index (χ2v) is 6.33. The van der Waals surface area contributed by atoms with Crippen LogP contribution >= 0.6 is 15.9 Å². The van der Waals surface area contributed by atoms with Crippen molar-refractivity contribution in [2.45, 2.75) is 58.0 Å². The van der Waals surface area contributed by atoms with Gasteiger partial charge < -0.3 is 9.72 Å². The van der Waals surface area contributed by atoms with Gasteiger partial charge in [-0.1, -0.05) is 12.8 Å². The molecule has 0 aromatic carbocycles. The van der Waals surface area contributed by atoms with E-state index in [0.717, 1.165) is 18.5 Å². The molecule has 1 aromatic rings. The summed E-state index contributed by atoms with van der Waals surface area (Å²) in [6, 6.07) is 0. The summed E-state index contributed by atoms with van der Waals surface area (Å²) in [7, 11) is 0. The van der Waals surface area contributed by atoms with Gasteiger partial charge in [0.2, 0.25) is 0 Å². The fourth-order valence-corrected chi connectivity index (χ4v) is 3.17. The lowest BCUT2D eigenvalue weighted by atomic mass is 10.0. The summed E-state index contributed by atoms with van der Waals surface area (Å²) >= 11 is 3.38. The molecule has 0 amide bonds. The van der Waals surface area contributed by atoms with Gasteiger partial charge in [0, 0.05) is 12.5 Å². The van der Waals surface area contributed by atoms with Crippen LogP contribution in [0.1, 0.15) is 63.9 Å². The van der Waals surface area contributed by atoms with Gasteiger partial charge in [0.25, 0.3) is 5.56 Å². The van der Waals surface area contributed by atoms with Gasteiger partial charge in [-0.3, -0.25) is 4.79 Å². The van der Waals surface area contributed by atoms with Crippen molar-refractivity contribution in [1.82, 2.24) is 9.97 Å². The molecule has 1 saturated carbocycles. The Hall–Kier alpha value is -0.680. The van der Waals surface area contributed by atoms with Gasteiger partial charge in [0.05, 0.1) is 5.69 Å². The van der Waals surface area contributed by atoms with Crippen LogP contribution in [-0.4, -0.2) is 16.6 Å². The van der Waals surface area contributed by atoms with E-state index in [2.05, 4.69) is 25.9 Å². The maximum absolute atomic E-state index is 12.1. The number of nitrogens with one attached hydrogen (secondary N) is 1. The SMILES string of the molecule is CCOC(C)(C)c1nc(C2CCCC2)c(Br)c(=O)[nH]1. The van der Waals surface area contributed by atoms with E-state index in [1.807, 2.05) is 20.8 Å². The first kappa shape index (κ1) is 14.7. The monoisotopic (exact) mass is 328 g/mol. The molecule has 1 fully saturated rings. The minimum absolute atomic E-state index is 0.111. The Morgan fingerprint density at radius 2 is 2.05 bits per heavy atom. The third kappa shape index (κ3) is 3.08. The zero-order chi connectivity index (χ0) is 14.0. The van der Waals surface area contributed by atoms with Crippen molar-refractivity contribution >= 4 is 15.9 Å². The second-order valence-electron chi connectivity index (χ2n) is 5.54. The largest absolute Gasteiger partial charge is 0.368 e. The Bertz CT molecular complexity index is 505. The summed E-state index contributed by atoms with van der Waals surface area (Å²) in [6.45, 7) is 6.39. The molecule has 2 rings (SSSR count). The van der Waals surface area contributed by atoms with Gasteiger partial charge in [-0.15, -0.1) is 0 Å². The lowest BCUT2D eigenvalue weighted by Crippen LogP contribution is -2.29.